The van der Waals surface area contributed by atoms with Crippen LogP contribution in [0.1, 0.15) is 20.3 Å². The number of nitro benzene ring substituents is 1. The Balaban J connectivity index is 2.92. The van der Waals surface area contributed by atoms with Crippen molar-refractivity contribution in [1.82, 2.24) is 0 Å². The third-order valence-corrected chi connectivity index (χ3v) is 3.08. The van der Waals surface area contributed by atoms with Gasteiger partial charge in [0.15, 0.2) is 0 Å². The van der Waals surface area contributed by atoms with Crippen LogP contribution in [0.5, 0.6) is 0 Å². The van der Waals surface area contributed by atoms with E-state index < -0.39 is 0 Å². The van der Waals surface area contributed by atoms with Gasteiger partial charge < -0.3 is 4.90 Å². The largest absolute Gasteiger partial charge is 0.369 e. The van der Waals surface area contributed by atoms with E-state index in [9.17, 15) is 10.1 Å². The van der Waals surface area contributed by atoms with Crippen LogP contribution in [0.15, 0.2) is 22.7 Å². The number of nitrogens with zero attached hydrogens (tertiary/aromatic N) is 2. The minimum absolute atomic E-state index is 0.144. The number of rotatable bonds is 5. The predicted octanol–water partition coefficient (Wildman–Crippen LogP) is 3.84. The van der Waals surface area contributed by atoms with Gasteiger partial charge in [0.05, 0.1) is 4.92 Å². The fourth-order valence-corrected chi connectivity index (χ4v) is 1.89. The first-order valence-electron chi connectivity index (χ1n) is 5.57. The zero-order valence-corrected chi connectivity index (χ0v) is 11.9. The number of hydrogen-bond acceptors (Lipinski definition) is 3. The summed E-state index contributed by atoms with van der Waals surface area (Å²) in [7, 11) is 1.89. The summed E-state index contributed by atoms with van der Waals surface area (Å²) in [5.41, 5.74) is 0.810. The fraction of sp³-hybridized carbons (Fsp3) is 0.500. The topological polar surface area (TPSA) is 46.4 Å². The van der Waals surface area contributed by atoms with Gasteiger partial charge in [-0.05, 0) is 24.5 Å². The summed E-state index contributed by atoms with van der Waals surface area (Å²) in [6.45, 7) is 5.10. The van der Waals surface area contributed by atoms with Gasteiger partial charge in [0.25, 0.3) is 5.69 Å². The van der Waals surface area contributed by atoms with E-state index in [4.69, 9.17) is 0 Å². The van der Waals surface area contributed by atoms with E-state index in [2.05, 4.69) is 29.8 Å². The van der Waals surface area contributed by atoms with Crippen molar-refractivity contribution in [2.24, 2.45) is 5.92 Å². The van der Waals surface area contributed by atoms with Gasteiger partial charge in [-0.3, -0.25) is 10.1 Å². The summed E-state index contributed by atoms with van der Waals surface area (Å²) in [6.07, 6.45) is 1.02. The first-order valence-corrected chi connectivity index (χ1v) is 6.36. The van der Waals surface area contributed by atoms with Gasteiger partial charge >= 0.3 is 0 Å². The molecule has 5 heteroatoms. The molecule has 1 rings (SSSR count). The second kappa shape index (κ2) is 6.00. The summed E-state index contributed by atoms with van der Waals surface area (Å²) in [5.74, 6) is 0.590. The maximum Gasteiger partial charge on any atom is 0.293 e. The summed E-state index contributed by atoms with van der Waals surface area (Å²) in [6, 6.07) is 5.15. The Bertz CT molecular complexity index is 407. The van der Waals surface area contributed by atoms with Gasteiger partial charge in [0.2, 0.25) is 0 Å². The molecule has 1 aromatic carbocycles. The van der Waals surface area contributed by atoms with E-state index in [1.54, 1.807) is 12.1 Å². The summed E-state index contributed by atoms with van der Waals surface area (Å²) >= 11 is 3.25. The van der Waals surface area contributed by atoms with Gasteiger partial charge in [0.1, 0.15) is 5.69 Å². The lowest BCUT2D eigenvalue weighted by Gasteiger charge is -2.20. The molecule has 0 amide bonds. The summed E-state index contributed by atoms with van der Waals surface area (Å²) in [4.78, 5) is 12.6. The van der Waals surface area contributed by atoms with Crippen LogP contribution in [-0.2, 0) is 0 Å². The normalized spacial score (nSPS) is 10.6. The van der Waals surface area contributed by atoms with Crippen molar-refractivity contribution < 1.29 is 4.92 Å². The Morgan fingerprint density at radius 3 is 2.65 bits per heavy atom. The van der Waals surface area contributed by atoms with Crippen molar-refractivity contribution in [2.75, 3.05) is 18.5 Å². The zero-order chi connectivity index (χ0) is 13.0. The molecule has 0 aliphatic carbocycles. The van der Waals surface area contributed by atoms with Gasteiger partial charge in [-0.1, -0.05) is 29.8 Å². The van der Waals surface area contributed by atoms with E-state index in [1.807, 2.05) is 18.0 Å². The average Bonchev–Trinajstić information content (AvgIpc) is 2.25. The summed E-state index contributed by atoms with van der Waals surface area (Å²) < 4.78 is 0.727. The molecule has 0 aliphatic heterocycles. The maximum atomic E-state index is 11.0. The molecule has 0 N–H and O–H groups in total. The van der Waals surface area contributed by atoms with Crippen LogP contribution < -0.4 is 4.90 Å². The molecule has 94 valence electrons. The van der Waals surface area contributed by atoms with Crippen molar-refractivity contribution >= 4 is 27.3 Å². The molecule has 0 unspecified atom stereocenters. The molecule has 4 nitrogen and oxygen atoms in total. The second-order valence-electron chi connectivity index (χ2n) is 4.49. The number of hydrogen-bond donors (Lipinski definition) is 0. The molecular formula is C12H17BrN2O2. The number of halogens is 1. The summed E-state index contributed by atoms with van der Waals surface area (Å²) in [5, 5.41) is 11.0. The minimum atomic E-state index is -0.341. The predicted molar refractivity (Wildman–Crippen MR) is 73.5 cm³/mol. The molecular weight excluding hydrogens is 284 g/mol. The van der Waals surface area contributed by atoms with Gasteiger partial charge in [-0.25, -0.2) is 0 Å². The Morgan fingerprint density at radius 2 is 2.12 bits per heavy atom. The molecule has 0 saturated heterocycles. The van der Waals surface area contributed by atoms with Crippen molar-refractivity contribution in [2.45, 2.75) is 20.3 Å². The van der Waals surface area contributed by atoms with Gasteiger partial charge in [-0.15, -0.1) is 0 Å². The smallest absolute Gasteiger partial charge is 0.293 e. The van der Waals surface area contributed by atoms with Crippen LogP contribution in [0.2, 0.25) is 0 Å². The molecule has 0 aromatic heterocycles. The molecule has 0 spiro atoms. The highest BCUT2D eigenvalue weighted by Crippen LogP contribution is 2.30. The van der Waals surface area contributed by atoms with Crippen LogP contribution in [0.3, 0.4) is 0 Å². The fourth-order valence-electron chi connectivity index (χ4n) is 1.54. The quantitative estimate of drug-likeness (QED) is 0.613. The van der Waals surface area contributed by atoms with E-state index in [-0.39, 0.29) is 10.6 Å². The molecule has 1 aromatic rings. The van der Waals surface area contributed by atoms with E-state index >= 15 is 0 Å². The standard InChI is InChI=1S/C12H17BrN2O2/c1-9(2)6-7-14(3)11-5-4-10(13)8-12(11)15(16)17/h4-5,8-9H,6-7H2,1-3H3. The molecule has 0 saturated carbocycles. The molecule has 0 aliphatic rings. The van der Waals surface area contributed by atoms with Crippen molar-refractivity contribution in [3.05, 3.63) is 32.8 Å². The lowest BCUT2D eigenvalue weighted by molar-refractivity contribution is -0.384. The first kappa shape index (κ1) is 14.0. The van der Waals surface area contributed by atoms with Crippen molar-refractivity contribution in [1.29, 1.82) is 0 Å². The lowest BCUT2D eigenvalue weighted by atomic mass is 10.1. The maximum absolute atomic E-state index is 11.0. The third-order valence-electron chi connectivity index (χ3n) is 2.59. The molecule has 0 fully saturated rings. The Morgan fingerprint density at radius 1 is 1.47 bits per heavy atom. The van der Waals surface area contributed by atoms with Crippen LogP contribution >= 0.6 is 15.9 Å². The Labute approximate surface area is 110 Å². The van der Waals surface area contributed by atoms with Crippen LogP contribution in [0, 0.1) is 16.0 Å². The van der Waals surface area contributed by atoms with E-state index in [0.29, 0.717) is 11.6 Å². The number of benzene rings is 1. The van der Waals surface area contributed by atoms with E-state index in [0.717, 1.165) is 17.4 Å². The highest BCUT2D eigenvalue weighted by molar-refractivity contribution is 9.10. The van der Waals surface area contributed by atoms with Crippen molar-refractivity contribution in [3.63, 3.8) is 0 Å². The van der Waals surface area contributed by atoms with Gasteiger partial charge in [0, 0.05) is 24.1 Å². The molecule has 0 radical (unpaired) electrons. The molecule has 17 heavy (non-hydrogen) atoms. The average molecular weight is 301 g/mol. The highest BCUT2D eigenvalue weighted by atomic mass is 79.9. The molecule has 0 heterocycles. The molecule has 0 atom stereocenters. The van der Waals surface area contributed by atoms with E-state index in [1.165, 1.54) is 0 Å². The minimum Gasteiger partial charge on any atom is -0.369 e. The van der Waals surface area contributed by atoms with Gasteiger partial charge in [-0.2, -0.15) is 0 Å². The van der Waals surface area contributed by atoms with Crippen LogP contribution in [-0.4, -0.2) is 18.5 Å². The monoisotopic (exact) mass is 300 g/mol. The molecule has 0 bridgehead atoms. The highest BCUT2D eigenvalue weighted by Gasteiger charge is 2.17. The number of anilines is 1. The first-order chi connectivity index (χ1) is 7.91. The number of nitro groups is 1. The van der Waals surface area contributed by atoms with Crippen molar-refractivity contribution in [3.8, 4) is 0 Å². The Kier molecular flexibility index (Phi) is 4.93. The Hall–Kier alpha value is -1.10. The third kappa shape index (κ3) is 4.00. The lowest BCUT2D eigenvalue weighted by Crippen LogP contribution is -2.20. The zero-order valence-electron chi connectivity index (χ0n) is 10.3. The van der Waals surface area contributed by atoms with Crippen LogP contribution in [0.4, 0.5) is 11.4 Å². The SMILES string of the molecule is CC(C)CCN(C)c1ccc(Br)cc1[N+](=O)[O-]. The second-order valence-corrected chi connectivity index (χ2v) is 5.41. The van der Waals surface area contributed by atoms with Crippen LogP contribution in [0.25, 0.3) is 0 Å².